The summed E-state index contributed by atoms with van der Waals surface area (Å²) in [6.45, 7) is 3.06. The Labute approximate surface area is 221 Å². The molecule has 0 atom stereocenters. The Morgan fingerprint density at radius 3 is 2.31 bits per heavy atom. The number of amidine groups is 1. The van der Waals surface area contributed by atoms with E-state index in [-0.39, 0.29) is 11.6 Å². The predicted molar refractivity (Wildman–Crippen MR) is 144 cm³/mol. The van der Waals surface area contributed by atoms with E-state index >= 15 is 0 Å². The molecule has 1 fully saturated rings. The third kappa shape index (κ3) is 11.7. The van der Waals surface area contributed by atoms with E-state index < -0.39 is 11.5 Å². The standard InChI is InChI=1S/C16H16Cl2N4O3.C7H12O.C2H6O/c1-16(2,14(24)21-10-4-6-13(23)20-8-10)25-15(19)22-12-5-3-9(17)7-11(12)18;8-6-7-4-2-1-3-5-7;1-3-2/h3-8H,1-2H3,(H2,19,22)(H,20,23)(H,21,24);6-7H,1-5H2;1-2H3. The minimum atomic E-state index is -1.32. The molecule has 0 aliphatic heterocycles. The number of carbonyl (C=O) groups excluding carboxylic acids is 2. The molecule has 1 aliphatic rings. The molecule has 3 rings (SSSR count). The third-order valence-electron chi connectivity index (χ3n) is 4.93. The average Bonchev–Trinajstić information content (AvgIpc) is 2.83. The lowest BCUT2D eigenvalue weighted by atomic mass is 9.91. The van der Waals surface area contributed by atoms with Gasteiger partial charge in [-0.25, -0.2) is 0 Å². The van der Waals surface area contributed by atoms with Crippen LogP contribution in [0.4, 0.5) is 11.4 Å². The second-order valence-electron chi connectivity index (χ2n) is 8.50. The molecule has 0 unspecified atom stereocenters. The number of hydrogen-bond donors (Lipinski definition) is 3. The van der Waals surface area contributed by atoms with Gasteiger partial charge in [0, 0.05) is 37.4 Å². The fourth-order valence-electron chi connectivity index (χ4n) is 3.06. The first-order valence-electron chi connectivity index (χ1n) is 11.4. The molecule has 36 heavy (non-hydrogen) atoms. The zero-order valence-electron chi connectivity index (χ0n) is 21.0. The van der Waals surface area contributed by atoms with Crippen LogP contribution in [0.5, 0.6) is 0 Å². The number of H-pyrrole nitrogens is 1. The molecule has 1 amide bonds. The molecule has 0 bridgehead atoms. The summed E-state index contributed by atoms with van der Waals surface area (Å²) in [5, 5.41) is 3.37. The number of amides is 1. The summed E-state index contributed by atoms with van der Waals surface area (Å²) < 4.78 is 9.69. The highest BCUT2D eigenvalue weighted by Gasteiger charge is 2.31. The molecule has 0 saturated heterocycles. The fraction of sp³-hybridized carbons (Fsp3) is 0.440. The van der Waals surface area contributed by atoms with Crippen molar-refractivity contribution in [2.75, 3.05) is 19.5 Å². The predicted octanol–water partition coefficient (Wildman–Crippen LogP) is 5.09. The van der Waals surface area contributed by atoms with Crippen LogP contribution in [0.1, 0.15) is 46.0 Å². The minimum Gasteiger partial charge on any atom is -0.449 e. The van der Waals surface area contributed by atoms with Crippen LogP contribution in [0, 0.1) is 5.92 Å². The number of nitrogens with two attached hydrogens (primary N) is 1. The van der Waals surface area contributed by atoms with E-state index in [0.29, 0.717) is 27.3 Å². The van der Waals surface area contributed by atoms with Gasteiger partial charge in [-0.15, -0.1) is 0 Å². The molecule has 11 heteroatoms. The molecular weight excluding hydrogens is 507 g/mol. The van der Waals surface area contributed by atoms with Crippen molar-refractivity contribution < 1.29 is 19.1 Å². The number of nitrogens with zero attached hydrogens (tertiary/aromatic N) is 1. The monoisotopic (exact) mass is 540 g/mol. The zero-order valence-corrected chi connectivity index (χ0v) is 22.5. The quantitative estimate of drug-likeness (QED) is 0.274. The van der Waals surface area contributed by atoms with Gasteiger partial charge in [0.15, 0.2) is 5.60 Å². The van der Waals surface area contributed by atoms with Gasteiger partial charge in [-0.3, -0.25) is 9.59 Å². The highest BCUT2D eigenvalue weighted by molar-refractivity contribution is 6.36. The van der Waals surface area contributed by atoms with Crippen LogP contribution in [0.2, 0.25) is 10.0 Å². The van der Waals surface area contributed by atoms with Gasteiger partial charge in [-0.2, -0.15) is 4.99 Å². The summed E-state index contributed by atoms with van der Waals surface area (Å²) in [5.74, 6) is -0.0661. The van der Waals surface area contributed by atoms with Gasteiger partial charge in [-0.1, -0.05) is 42.5 Å². The summed E-state index contributed by atoms with van der Waals surface area (Å²) in [5.41, 5.74) is 4.94. The Balaban J connectivity index is 0.000000488. The number of ether oxygens (including phenoxy) is 2. The summed E-state index contributed by atoms with van der Waals surface area (Å²) >= 11 is 11.8. The minimum absolute atomic E-state index is 0.231. The first-order valence-corrected chi connectivity index (χ1v) is 12.1. The summed E-state index contributed by atoms with van der Waals surface area (Å²) in [7, 11) is 3.25. The lowest BCUT2D eigenvalue weighted by molar-refractivity contribution is -0.129. The van der Waals surface area contributed by atoms with E-state index in [0.717, 1.165) is 19.1 Å². The lowest BCUT2D eigenvalue weighted by Crippen LogP contribution is -2.43. The third-order valence-corrected chi connectivity index (χ3v) is 5.47. The number of aromatic amines is 1. The van der Waals surface area contributed by atoms with Crippen molar-refractivity contribution in [3.05, 3.63) is 56.9 Å². The molecule has 2 aromatic rings. The van der Waals surface area contributed by atoms with E-state index in [1.807, 2.05) is 0 Å². The van der Waals surface area contributed by atoms with Crippen LogP contribution >= 0.6 is 23.2 Å². The van der Waals surface area contributed by atoms with E-state index in [4.69, 9.17) is 33.7 Å². The van der Waals surface area contributed by atoms with Crippen molar-refractivity contribution in [3.8, 4) is 0 Å². The Morgan fingerprint density at radius 1 is 1.17 bits per heavy atom. The number of aldehydes is 1. The molecule has 1 saturated carbocycles. The largest absolute Gasteiger partial charge is 0.449 e. The molecule has 1 aromatic heterocycles. The molecule has 1 heterocycles. The Morgan fingerprint density at radius 2 is 1.81 bits per heavy atom. The summed E-state index contributed by atoms with van der Waals surface area (Å²) in [6, 6.07) is 7.23. The highest BCUT2D eigenvalue weighted by Crippen LogP contribution is 2.28. The van der Waals surface area contributed by atoms with Crippen molar-refractivity contribution >= 4 is 52.8 Å². The molecule has 0 radical (unpaired) electrons. The molecule has 0 spiro atoms. The maximum atomic E-state index is 12.3. The van der Waals surface area contributed by atoms with Crippen molar-refractivity contribution in [1.29, 1.82) is 0 Å². The van der Waals surface area contributed by atoms with Gasteiger partial charge < -0.3 is 30.3 Å². The normalized spacial score (nSPS) is 13.9. The van der Waals surface area contributed by atoms with Gasteiger partial charge in [-0.05, 0) is 51.0 Å². The Hall–Kier alpha value is -2.88. The molecular formula is C25H34Cl2N4O5. The van der Waals surface area contributed by atoms with Crippen LogP contribution in [-0.2, 0) is 19.1 Å². The molecule has 198 valence electrons. The van der Waals surface area contributed by atoms with Crippen molar-refractivity contribution in [2.24, 2.45) is 16.6 Å². The lowest BCUT2D eigenvalue weighted by Gasteiger charge is -2.24. The molecule has 1 aromatic carbocycles. The zero-order chi connectivity index (χ0) is 27.1. The van der Waals surface area contributed by atoms with Crippen LogP contribution < -0.4 is 16.6 Å². The summed E-state index contributed by atoms with van der Waals surface area (Å²) in [4.78, 5) is 40.0. The first kappa shape index (κ1) is 31.2. The van der Waals surface area contributed by atoms with Gasteiger partial charge in [0.25, 0.3) is 11.9 Å². The smallest absolute Gasteiger partial charge is 0.288 e. The van der Waals surface area contributed by atoms with E-state index in [2.05, 4.69) is 20.0 Å². The maximum Gasteiger partial charge on any atom is 0.288 e. The maximum absolute atomic E-state index is 12.3. The molecule has 9 nitrogen and oxygen atoms in total. The number of rotatable bonds is 5. The van der Waals surface area contributed by atoms with Crippen molar-refractivity contribution in [1.82, 2.24) is 4.98 Å². The van der Waals surface area contributed by atoms with Crippen LogP contribution in [0.25, 0.3) is 0 Å². The van der Waals surface area contributed by atoms with E-state index in [1.165, 1.54) is 57.5 Å². The second-order valence-corrected chi connectivity index (χ2v) is 9.34. The fourth-order valence-corrected chi connectivity index (χ4v) is 3.51. The Bertz CT molecular complexity index is 1050. The first-order chi connectivity index (χ1) is 17.0. The molecule has 4 N–H and O–H groups in total. The number of pyridine rings is 1. The number of nitrogens with one attached hydrogen (secondary N) is 2. The number of halogens is 2. The number of aliphatic imine (C=N–C) groups is 1. The SMILES string of the molecule is CC(C)(OC(N)=Nc1ccc(Cl)cc1Cl)C(=O)Nc1ccc(=O)[nH]c1.COC.O=CC1CCCCC1. The van der Waals surface area contributed by atoms with Gasteiger partial charge >= 0.3 is 0 Å². The number of aromatic nitrogens is 1. The van der Waals surface area contributed by atoms with Crippen molar-refractivity contribution in [3.63, 3.8) is 0 Å². The second kappa shape index (κ2) is 16.0. The number of benzene rings is 1. The topological polar surface area (TPSA) is 136 Å². The molecule has 1 aliphatic carbocycles. The number of anilines is 1. The Kier molecular flexibility index (Phi) is 13.8. The number of carbonyl (C=O) groups is 2. The highest BCUT2D eigenvalue weighted by atomic mass is 35.5. The van der Waals surface area contributed by atoms with Crippen molar-refractivity contribution in [2.45, 2.75) is 51.6 Å². The summed E-state index contributed by atoms with van der Waals surface area (Å²) in [6.07, 6.45) is 8.64. The van der Waals surface area contributed by atoms with Gasteiger partial charge in [0.1, 0.15) is 6.29 Å². The number of methoxy groups -OCH3 is 1. The van der Waals surface area contributed by atoms with Crippen LogP contribution in [-0.4, -0.2) is 43.0 Å². The van der Waals surface area contributed by atoms with E-state index in [1.54, 1.807) is 26.4 Å². The van der Waals surface area contributed by atoms with E-state index in [9.17, 15) is 14.4 Å². The average molecular weight is 541 g/mol. The van der Waals surface area contributed by atoms with Gasteiger partial charge in [0.05, 0.1) is 16.4 Å². The van der Waals surface area contributed by atoms with Crippen LogP contribution in [0.15, 0.2) is 46.3 Å². The number of hydrogen-bond acceptors (Lipinski definition) is 6. The van der Waals surface area contributed by atoms with Gasteiger partial charge in [0.2, 0.25) is 5.56 Å². The van der Waals surface area contributed by atoms with Crippen LogP contribution in [0.3, 0.4) is 0 Å².